The van der Waals surface area contributed by atoms with Crippen LogP contribution < -0.4 is 0 Å². The lowest BCUT2D eigenvalue weighted by Crippen LogP contribution is -2.04. The second kappa shape index (κ2) is 5.38. The number of Topliss-reactive ketones (excluding diaryl/α,β-unsaturated/α-hetero) is 1. The van der Waals surface area contributed by atoms with Crippen LogP contribution in [0.2, 0.25) is 0 Å². The Bertz CT molecular complexity index is 309. The van der Waals surface area contributed by atoms with Crippen molar-refractivity contribution >= 4 is 11.9 Å². The molecule has 1 heteroatoms. The van der Waals surface area contributed by atoms with Crippen LogP contribution in [0.1, 0.15) is 25.8 Å². The van der Waals surface area contributed by atoms with Gasteiger partial charge in [0.2, 0.25) is 0 Å². The highest BCUT2D eigenvalue weighted by Crippen LogP contribution is 2.04. The summed E-state index contributed by atoms with van der Waals surface area (Å²) in [7, 11) is 0. The predicted octanol–water partition coefficient (Wildman–Crippen LogP) is 3.32. The van der Waals surface area contributed by atoms with Gasteiger partial charge in [-0.05, 0) is 5.56 Å². The Morgan fingerprint density at radius 2 is 1.93 bits per heavy atom. The summed E-state index contributed by atoms with van der Waals surface area (Å²) in [5.41, 5.74) is 1.14. The molecule has 0 saturated heterocycles. The summed E-state index contributed by atoms with van der Waals surface area (Å²) in [6, 6.07) is 10.0. The summed E-state index contributed by atoms with van der Waals surface area (Å²) < 4.78 is 0. The summed E-state index contributed by atoms with van der Waals surface area (Å²) >= 11 is 0. The molecule has 0 fully saturated rings. The third-order valence-corrected chi connectivity index (χ3v) is 2.07. The molecule has 0 N–H and O–H groups in total. The van der Waals surface area contributed by atoms with Gasteiger partial charge in [-0.15, -0.1) is 0 Å². The van der Waals surface area contributed by atoms with Gasteiger partial charge in [-0.1, -0.05) is 56.3 Å². The van der Waals surface area contributed by atoms with E-state index in [1.807, 2.05) is 56.3 Å². The van der Waals surface area contributed by atoms with Crippen LogP contribution in [0.3, 0.4) is 0 Å². The molecule has 0 atom stereocenters. The van der Waals surface area contributed by atoms with E-state index >= 15 is 0 Å². The quantitative estimate of drug-likeness (QED) is 0.708. The second-order valence-electron chi connectivity index (χ2n) is 3.64. The lowest BCUT2D eigenvalue weighted by Gasteiger charge is -1.98. The molecule has 0 aromatic heterocycles. The van der Waals surface area contributed by atoms with Gasteiger partial charge in [0, 0.05) is 12.3 Å². The van der Waals surface area contributed by atoms with Crippen molar-refractivity contribution < 1.29 is 4.79 Å². The number of hydrogen-bond acceptors (Lipinski definition) is 1. The Morgan fingerprint density at radius 1 is 1.29 bits per heavy atom. The largest absolute Gasteiger partial charge is 0.299 e. The molecule has 0 aliphatic carbocycles. The van der Waals surface area contributed by atoms with Crippen molar-refractivity contribution in [1.82, 2.24) is 0 Å². The SMILES string of the molecule is CC(C)C(=O)CC=Cc1ccccc1. The maximum Gasteiger partial charge on any atom is 0.139 e. The van der Waals surface area contributed by atoms with Crippen LogP contribution in [0.5, 0.6) is 0 Å². The molecule has 0 unspecified atom stereocenters. The van der Waals surface area contributed by atoms with Crippen molar-refractivity contribution in [2.75, 3.05) is 0 Å². The smallest absolute Gasteiger partial charge is 0.139 e. The minimum Gasteiger partial charge on any atom is -0.299 e. The van der Waals surface area contributed by atoms with Crippen LogP contribution in [0, 0.1) is 5.92 Å². The minimum atomic E-state index is 0.135. The summed E-state index contributed by atoms with van der Waals surface area (Å²) in [6.45, 7) is 3.86. The van der Waals surface area contributed by atoms with Gasteiger partial charge >= 0.3 is 0 Å². The van der Waals surface area contributed by atoms with E-state index in [1.54, 1.807) is 0 Å². The molecule has 1 aromatic carbocycles. The first kappa shape index (κ1) is 10.7. The van der Waals surface area contributed by atoms with Crippen LogP contribution in [0.25, 0.3) is 6.08 Å². The fourth-order valence-corrected chi connectivity index (χ4v) is 1.11. The van der Waals surface area contributed by atoms with Crippen LogP contribution >= 0.6 is 0 Å². The Kier molecular flexibility index (Phi) is 4.11. The van der Waals surface area contributed by atoms with Crippen molar-refractivity contribution in [3.8, 4) is 0 Å². The van der Waals surface area contributed by atoms with Crippen LogP contribution in [-0.4, -0.2) is 5.78 Å². The van der Waals surface area contributed by atoms with Gasteiger partial charge in [-0.25, -0.2) is 0 Å². The summed E-state index contributed by atoms with van der Waals surface area (Å²) in [5.74, 6) is 0.424. The van der Waals surface area contributed by atoms with Crippen LogP contribution in [0.4, 0.5) is 0 Å². The van der Waals surface area contributed by atoms with Crippen molar-refractivity contribution in [3.05, 3.63) is 42.0 Å². The second-order valence-corrected chi connectivity index (χ2v) is 3.64. The molecule has 1 aromatic rings. The molecule has 0 saturated carbocycles. The van der Waals surface area contributed by atoms with Crippen LogP contribution in [-0.2, 0) is 4.79 Å². The fraction of sp³-hybridized carbons (Fsp3) is 0.308. The van der Waals surface area contributed by atoms with E-state index in [1.165, 1.54) is 0 Å². The molecule has 1 rings (SSSR count). The lowest BCUT2D eigenvalue weighted by molar-refractivity contribution is -0.121. The number of carbonyl (C=O) groups excluding carboxylic acids is 1. The molecule has 1 nitrogen and oxygen atoms in total. The summed E-state index contributed by atoms with van der Waals surface area (Å²) in [6.07, 6.45) is 4.45. The molecule has 0 bridgehead atoms. The number of benzene rings is 1. The third-order valence-electron chi connectivity index (χ3n) is 2.07. The molecular formula is C13H16O. The Hall–Kier alpha value is -1.37. The normalized spacial score (nSPS) is 11.1. The highest BCUT2D eigenvalue weighted by molar-refractivity contribution is 5.82. The number of hydrogen-bond donors (Lipinski definition) is 0. The van der Waals surface area contributed by atoms with E-state index in [0.717, 1.165) is 5.56 Å². The number of carbonyl (C=O) groups is 1. The zero-order valence-corrected chi connectivity index (χ0v) is 8.73. The zero-order valence-electron chi connectivity index (χ0n) is 8.73. The maximum absolute atomic E-state index is 11.3. The monoisotopic (exact) mass is 188 g/mol. The highest BCUT2D eigenvalue weighted by atomic mass is 16.1. The summed E-state index contributed by atoms with van der Waals surface area (Å²) in [5, 5.41) is 0. The molecule has 0 aliphatic heterocycles. The summed E-state index contributed by atoms with van der Waals surface area (Å²) in [4.78, 5) is 11.3. The van der Waals surface area contributed by atoms with E-state index in [4.69, 9.17) is 0 Å². The molecule has 14 heavy (non-hydrogen) atoms. The first-order valence-electron chi connectivity index (χ1n) is 4.94. The first-order valence-corrected chi connectivity index (χ1v) is 4.94. The standard InChI is InChI=1S/C13H16O/c1-11(2)13(14)10-6-9-12-7-4-3-5-8-12/h3-9,11H,10H2,1-2H3. The van der Waals surface area contributed by atoms with Gasteiger partial charge in [0.25, 0.3) is 0 Å². The number of ketones is 1. The van der Waals surface area contributed by atoms with Crippen LogP contribution in [0.15, 0.2) is 36.4 Å². The molecule has 0 radical (unpaired) electrons. The van der Waals surface area contributed by atoms with Gasteiger partial charge in [0.1, 0.15) is 5.78 Å². The average Bonchev–Trinajstić information content (AvgIpc) is 2.19. The van der Waals surface area contributed by atoms with E-state index in [2.05, 4.69) is 0 Å². The Balaban J connectivity index is 2.46. The van der Waals surface area contributed by atoms with E-state index in [-0.39, 0.29) is 11.7 Å². The number of allylic oxidation sites excluding steroid dienone is 1. The lowest BCUT2D eigenvalue weighted by atomic mass is 10.1. The fourth-order valence-electron chi connectivity index (χ4n) is 1.11. The van der Waals surface area contributed by atoms with Gasteiger partial charge in [-0.3, -0.25) is 4.79 Å². The molecule has 0 spiro atoms. The molecular weight excluding hydrogens is 172 g/mol. The van der Waals surface area contributed by atoms with Crippen molar-refractivity contribution in [2.24, 2.45) is 5.92 Å². The van der Waals surface area contributed by atoms with Gasteiger partial charge in [0.05, 0.1) is 0 Å². The highest BCUT2D eigenvalue weighted by Gasteiger charge is 2.03. The topological polar surface area (TPSA) is 17.1 Å². The van der Waals surface area contributed by atoms with Gasteiger partial charge < -0.3 is 0 Å². The van der Waals surface area contributed by atoms with E-state index < -0.39 is 0 Å². The van der Waals surface area contributed by atoms with Crippen molar-refractivity contribution in [1.29, 1.82) is 0 Å². The first-order chi connectivity index (χ1) is 6.70. The third kappa shape index (κ3) is 3.56. The average molecular weight is 188 g/mol. The van der Waals surface area contributed by atoms with E-state index in [9.17, 15) is 4.79 Å². The molecule has 74 valence electrons. The molecule has 0 aliphatic rings. The predicted molar refractivity (Wildman–Crippen MR) is 59.9 cm³/mol. The molecule has 0 amide bonds. The maximum atomic E-state index is 11.3. The van der Waals surface area contributed by atoms with E-state index in [0.29, 0.717) is 6.42 Å². The van der Waals surface area contributed by atoms with Gasteiger partial charge in [0.15, 0.2) is 0 Å². The number of rotatable bonds is 4. The van der Waals surface area contributed by atoms with Crippen molar-refractivity contribution in [2.45, 2.75) is 20.3 Å². The molecule has 0 heterocycles. The minimum absolute atomic E-state index is 0.135. The Labute approximate surface area is 85.5 Å². The zero-order chi connectivity index (χ0) is 10.4. The van der Waals surface area contributed by atoms with Gasteiger partial charge in [-0.2, -0.15) is 0 Å². The van der Waals surface area contributed by atoms with Crippen molar-refractivity contribution in [3.63, 3.8) is 0 Å². The Morgan fingerprint density at radius 3 is 2.50 bits per heavy atom.